The number of nitrogens with one attached hydrogen (secondary N) is 2. The van der Waals surface area contributed by atoms with Gasteiger partial charge >= 0.3 is 0 Å². The highest BCUT2D eigenvalue weighted by molar-refractivity contribution is 4.89. The quantitative estimate of drug-likeness (QED) is 0.669. The maximum absolute atomic E-state index is 3.65. The predicted octanol–water partition coefficient (Wildman–Crippen LogP) is 2.57. The van der Waals surface area contributed by atoms with Crippen LogP contribution < -0.4 is 10.6 Å². The van der Waals surface area contributed by atoms with Gasteiger partial charge in [0.05, 0.1) is 0 Å². The van der Waals surface area contributed by atoms with Gasteiger partial charge in [-0.3, -0.25) is 0 Å². The number of rotatable bonds is 1. The summed E-state index contributed by atoms with van der Waals surface area (Å²) in [6.07, 6.45) is 5.88. The molecule has 2 aliphatic heterocycles. The summed E-state index contributed by atoms with van der Waals surface area (Å²) in [5, 5.41) is 6.92. The first-order valence-corrected chi connectivity index (χ1v) is 6.58. The van der Waals surface area contributed by atoms with Crippen LogP contribution in [0.5, 0.6) is 0 Å². The largest absolute Gasteiger partial charge is 0.315 e. The molecule has 0 bridgehead atoms. The van der Waals surface area contributed by atoms with Gasteiger partial charge in [0.25, 0.3) is 0 Å². The summed E-state index contributed by atoms with van der Waals surface area (Å²) >= 11 is 0. The van der Waals surface area contributed by atoms with E-state index < -0.39 is 0 Å². The number of hydrogen-bond donors (Lipinski definition) is 2. The highest BCUT2D eigenvalue weighted by Gasteiger charge is 2.28. The normalized spacial score (nSPS) is 28.9. The van der Waals surface area contributed by atoms with Crippen LogP contribution in [0.15, 0.2) is 12.7 Å². The lowest BCUT2D eigenvalue weighted by Gasteiger charge is -2.24. The van der Waals surface area contributed by atoms with Crippen molar-refractivity contribution >= 4 is 0 Å². The molecule has 2 heteroatoms. The Labute approximate surface area is 101 Å². The van der Waals surface area contributed by atoms with Gasteiger partial charge in [0.1, 0.15) is 0 Å². The Kier molecular flexibility index (Phi) is 5.50. The molecule has 16 heavy (non-hydrogen) atoms. The van der Waals surface area contributed by atoms with Crippen molar-refractivity contribution in [3.8, 4) is 0 Å². The van der Waals surface area contributed by atoms with Gasteiger partial charge in [0.2, 0.25) is 0 Å². The Hall–Kier alpha value is -0.340. The van der Waals surface area contributed by atoms with Gasteiger partial charge in [-0.15, -0.1) is 6.58 Å². The van der Waals surface area contributed by atoms with Gasteiger partial charge in [-0.1, -0.05) is 26.8 Å². The highest BCUT2D eigenvalue weighted by Crippen LogP contribution is 2.18. The molecule has 0 aromatic heterocycles. The zero-order valence-corrected chi connectivity index (χ0v) is 11.2. The molecule has 0 aromatic carbocycles. The Balaban J connectivity index is 0.000000168. The summed E-state index contributed by atoms with van der Waals surface area (Å²) in [7, 11) is 0. The Morgan fingerprint density at radius 1 is 1.31 bits per heavy atom. The van der Waals surface area contributed by atoms with E-state index in [-0.39, 0.29) is 0 Å². The molecule has 0 radical (unpaired) electrons. The smallest absolute Gasteiger partial charge is 0.0232 e. The second-order valence-corrected chi connectivity index (χ2v) is 6.17. The average Bonchev–Trinajstić information content (AvgIpc) is 2.64. The topological polar surface area (TPSA) is 24.1 Å². The van der Waals surface area contributed by atoms with Crippen LogP contribution in [0, 0.1) is 11.3 Å². The van der Waals surface area contributed by atoms with Crippen molar-refractivity contribution in [3.63, 3.8) is 0 Å². The van der Waals surface area contributed by atoms with Gasteiger partial charge in [-0.25, -0.2) is 0 Å². The van der Waals surface area contributed by atoms with Crippen molar-refractivity contribution < 1.29 is 0 Å². The molecule has 2 rings (SSSR count). The molecule has 0 aliphatic carbocycles. The molecule has 2 N–H and O–H groups in total. The fraction of sp³-hybridized carbons (Fsp3) is 0.857. The van der Waals surface area contributed by atoms with Crippen LogP contribution in [0.2, 0.25) is 0 Å². The molecule has 0 aromatic rings. The average molecular weight is 224 g/mol. The third-order valence-corrected chi connectivity index (χ3v) is 3.25. The number of hydrogen-bond acceptors (Lipinski definition) is 2. The SMILES string of the molecule is C1CNC2CNCC2C1.C=CCC(C)(C)C. The summed E-state index contributed by atoms with van der Waals surface area (Å²) in [4.78, 5) is 0. The summed E-state index contributed by atoms with van der Waals surface area (Å²) < 4.78 is 0. The third kappa shape index (κ3) is 5.13. The van der Waals surface area contributed by atoms with Gasteiger partial charge < -0.3 is 10.6 Å². The molecule has 2 nitrogen and oxygen atoms in total. The van der Waals surface area contributed by atoms with Crippen LogP contribution >= 0.6 is 0 Å². The minimum atomic E-state index is 0.432. The Morgan fingerprint density at radius 3 is 2.56 bits per heavy atom. The third-order valence-electron chi connectivity index (χ3n) is 3.25. The lowest BCUT2D eigenvalue weighted by Crippen LogP contribution is -2.40. The zero-order chi connectivity index (χ0) is 12.0. The van der Waals surface area contributed by atoms with Crippen LogP contribution in [0.1, 0.15) is 40.0 Å². The molecule has 0 saturated carbocycles. The van der Waals surface area contributed by atoms with E-state index in [2.05, 4.69) is 38.0 Å². The highest BCUT2D eigenvalue weighted by atomic mass is 15.0. The monoisotopic (exact) mass is 224 g/mol. The standard InChI is InChI=1S/C7H14N2.C7H14/c1-2-6-4-8-5-7(6)9-3-1;1-5-6-7(2,3)4/h6-9H,1-5H2;5H,1,6H2,2-4H3. The van der Waals surface area contributed by atoms with Gasteiger partial charge in [0.15, 0.2) is 0 Å². The second kappa shape index (κ2) is 6.41. The number of allylic oxidation sites excluding steroid dienone is 1. The summed E-state index contributed by atoms with van der Waals surface area (Å²) in [5.41, 5.74) is 0.432. The van der Waals surface area contributed by atoms with Crippen LogP contribution in [-0.4, -0.2) is 25.7 Å². The summed E-state index contributed by atoms with van der Waals surface area (Å²) in [6.45, 7) is 13.9. The summed E-state index contributed by atoms with van der Waals surface area (Å²) in [5.74, 6) is 0.943. The minimum absolute atomic E-state index is 0.432. The molecular formula is C14H28N2. The molecule has 94 valence electrons. The maximum atomic E-state index is 3.65. The lowest BCUT2D eigenvalue weighted by molar-refractivity contribution is 0.339. The molecule has 2 unspecified atom stereocenters. The fourth-order valence-corrected chi connectivity index (χ4v) is 2.36. The molecule has 2 fully saturated rings. The van der Waals surface area contributed by atoms with Crippen LogP contribution in [0.4, 0.5) is 0 Å². The van der Waals surface area contributed by atoms with E-state index >= 15 is 0 Å². The molecule has 0 spiro atoms. The first-order valence-electron chi connectivity index (χ1n) is 6.58. The Bertz CT molecular complexity index is 193. The number of piperidine rings is 1. The summed E-state index contributed by atoms with van der Waals surface area (Å²) in [6, 6.07) is 0.804. The lowest BCUT2D eigenvalue weighted by atomic mass is 9.93. The van der Waals surface area contributed by atoms with E-state index in [9.17, 15) is 0 Å². The van der Waals surface area contributed by atoms with E-state index in [1.54, 1.807) is 0 Å². The van der Waals surface area contributed by atoms with E-state index in [1.807, 2.05) is 6.08 Å². The second-order valence-electron chi connectivity index (χ2n) is 6.17. The first-order chi connectivity index (χ1) is 7.53. The number of fused-ring (bicyclic) bond motifs is 1. The van der Waals surface area contributed by atoms with Crippen molar-refractivity contribution in [2.75, 3.05) is 19.6 Å². The van der Waals surface area contributed by atoms with E-state index in [0.717, 1.165) is 18.4 Å². The van der Waals surface area contributed by atoms with Gasteiger partial charge in [-0.2, -0.15) is 0 Å². The molecule has 0 amide bonds. The van der Waals surface area contributed by atoms with Crippen LogP contribution in [-0.2, 0) is 0 Å². The molecule has 2 heterocycles. The fourth-order valence-electron chi connectivity index (χ4n) is 2.36. The zero-order valence-electron chi connectivity index (χ0n) is 11.2. The van der Waals surface area contributed by atoms with E-state index in [1.165, 1.54) is 32.5 Å². The van der Waals surface area contributed by atoms with E-state index in [0.29, 0.717) is 5.41 Å². The maximum Gasteiger partial charge on any atom is 0.0232 e. The van der Waals surface area contributed by atoms with Crippen LogP contribution in [0.3, 0.4) is 0 Å². The minimum Gasteiger partial charge on any atom is -0.315 e. The van der Waals surface area contributed by atoms with Gasteiger partial charge in [0, 0.05) is 12.6 Å². The van der Waals surface area contributed by atoms with Gasteiger partial charge in [-0.05, 0) is 43.7 Å². The van der Waals surface area contributed by atoms with Crippen molar-refractivity contribution in [1.29, 1.82) is 0 Å². The predicted molar refractivity (Wildman–Crippen MR) is 71.7 cm³/mol. The van der Waals surface area contributed by atoms with Crippen molar-refractivity contribution in [1.82, 2.24) is 10.6 Å². The molecular weight excluding hydrogens is 196 g/mol. The Morgan fingerprint density at radius 2 is 2.06 bits per heavy atom. The van der Waals surface area contributed by atoms with Crippen LogP contribution in [0.25, 0.3) is 0 Å². The van der Waals surface area contributed by atoms with Crippen molar-refractivity contribution in [2.24, 2.45) is 11.3 Å². The van der Waals surface area contributed by atoms with Crippen molar-refractivity contribution in [2.45, 2.75) is 46.1 Å². The van der Waals surface area contributed by atoms with E-state index in [4.69, 9.17) is 0 Å². The molecule has 2 aliphatic rings. The molecule has 2 atom stereocenters. The van der Waals surface area contributed by atoms with Crippen molar-refractivity contribution in [3.05, 3.63) is 12.7 Å². The first kappa shape index (κ1) is 13.7. The molecule has 2 saturated heterocycles.